The molecular weight excluding hydrogens is 62.8 g/mol. The van der Waals surface area contributed by atoms with Gasteiger partial charge in [-0.05, 0) is 12.9 Å². The molecule has 0 saturated carbocycles. The maximum atomic E-state index is 5.06. The monoisotopic (exact) mass is 72.1 g/mol. The summed E-state index contributed by atoms with van der Waals surface area (Å²) in [5, 5.41) is 0. The summed E-state index contributed by atoms with van der Waals surface area (Å²) in [5.74, 6) is 0. The summed E-state index contributed by atoms with van der Waals surface area (Å²) < 4.78 is 0. The van der Waals surface area contributed by atoms with Gasteiger partial charge in [-0.3, -0.25) is 0 Å². The van der Waals surface area contributed by atoms with Crippen molar-refractivity contribution in [2.45, 2.75) is 0 Å². The van der Waals surface area contributed by atoms with Gasteiger partial charge in [-0.25, -0.2) is 0 Å². The van der Waals surface area contributed by atoms with E-state index in [0.717, 1.165) is 20.2 Å². The Kier molecular flexibility index (Phi) is 3.97. The fraction of sp³-hybridized carbons (Fsp3) is 1.00. The molecule has 0 bridgehead atoms. The van der Waals surface area contributed by atoms with Crippen molar-refractivity contribution >= 4 is 7.28 Å². The molecule has 0 aromatic carbocycles. The van der Waals surface area contributed by atoms with Crippen molar-refractivity contribution in [3.05, 3.63) is 0 Å². The first-order valence-corrected chi connectivity index (χ1v) is 1.82. The minimum Gasteiger partial charge on any atom is -0.338 e. The minimum absolute atomic E-state index is 0.719. The molecule has 0 rings (SSSR count). The summed E-state index contributed by atoms with van der Waals surface area (Å²) in [4.78, 5) is 0. The Bertz CT molecular complexity index is 15.1. The van der Waals surface area contributed by atoms with Gasteiger partial charge in [-0.1, -0.05) is 0 Å². The van der Waals surface area contributed by atoms with Crippen LogP contribution in [0.15, 0.2) is 0 Å². The van der Waals surface area contributed by atoms with Crippen LogP contribution in [-0.4, -0.2) is 20.2 Å². The van der Waals surface area contributed by atoms with E-state index in [9.17, 15) is 0 Å². The Morgan fingerprint density at radius 2 is 1.60 bits per heavy atom. The predicted molar refractivity (Wildman–Crippen MR) is 25.3 cm³/mol. The van der Waals surface area contributed by atoms with Crippen molar-refractivity contribution in [2.75, 3.05) is 12.9 Å². The fourth-order valence-corrected chi connectivity index (χ4v) is 0.118. The molecule has 0 heterocycles. The Morgan fingerprint density at radius 1 is 1.20 bits per heavy atom. The maximum absolute atomic E-state index is 5.06. The molecule has 4 N–H and O–H groups in total. The zero-order valence-electron chi connectivity index (χ0n) is 3.28. The number of rotatable bonds is 2. The Labute approximate surface area is 32.8 Å². The first kappa shape index (κ1) is 4.98. The Balaban J connectivity index is 2.19. The van der Waals surface area contributed by atoms with Crippen molar-refractivity contribution in [1.82, 2.24) is 0 Å². The van der Waals surface area contributed by atoms with Crippen molar-refractivity contribution in [2.24, 2.45) is 11.5 Å². The van der Waals surface area contributed by atoms with E-state index in [-0.39, 0.29) is 0 Å². The topological polar surface area (TPSA) is 52.0 Å². The van der Waals surface area contributed by atoms with Gasteiger partial charge in [0.05, 0.1) is 0 Å². The lowest BCUT2D eigenvalue weighted by Crippen LogP contribution is -2.18. The Hall–Kier alpha value is -0.0151. The SMILES string of the molecule is NCBCN. The zero-order chi connectivity index (χ0) is 4.12. The van der Waals surface area contributed by atoms with Gasteiger partial charge in [0.25, 0.3) is 0 Å². The average Bonchev–Trinajstić information content (AvgIpc) is 1.41. The molecule has 0 fully saturated rings. The summed E-state index contributed by atoms with van der Waals surface area (Å²) in [6, 6.07) is 0. The highest BCUT2D eigenvalue weighted by molar-refractivity contribution is 6.35. The van der Waals surface area contributed by atoms with Crippen LogP contribution in [-0.2, 0) is 0 Å². The van der Waals surface area contributed by atoms with Crippen LogP contribution >= 0.6 is 0 Å². The zero-order valence-corrected chi connectivity index (χ0v) is 3.28. The van der Waals surface area contributed by atoms with Gasteiger partial charge in [0.2, 0.25) is 0 Å². The van der Waals surface area contributed by atoms with E-state index < -0.39 is 0 Å². The molecule has 0 radical (unpaired) electrons. The predicted octanol–water partition coefficient (Wildman–Crippen LogP) is -1.74. The van der Waals surface area contributed by atoms with Gasteiger partial charge >= 0.3 is 0 Å². The standard InChI is InChI=1S/C2H9BN2/c4-1-3-2-5/h3H,1-2,4-5H2. The lowest BCUT2D eigenvalue weighted by atomic mass is 9.80. The highest BCUT2D eigenvalue weighted by atomic mass is 14.5. The van der Waals surface area contributed by atoms with Gasteiger partial charge < -0.3 is 11.5 Å². The molecule has 0 aromatic rings. The average molecular weight is 71.9 g/mol. The number of hydrogen-bond donors (Lipinski definition) is 2. The molecule has 5 heavy (non-hydrogen) atoms. The van der Waals surface area contributed by atoms with Crippen LogP contribution in [0, 0.1) is 0 Å². The first-order valence-electron chi connectivity index (χ1n) is 1.82. The smallest absolute Gasteiger partial charge is 0.153 e. The van der Waals surface area contributed by atoms with Crippen LogP contribution in [0.5, 0.6) is 0 Å². The molecule has 2 nitrogen and oxygen atoms in total. The summed E-state index contributed by atoms with van der Waals surface area (Å²) >= 11 is 0. The van der Waals surface area contributed by atoms with E-state index in [2.05, 4.69) is 0 Å². The molecule has 0 aliphatic carbocycles. The van der Waals surface area contributed by atoms with Gasteiger partial charge in [-0.2, -0.15) is 0 Å². The normalized spacial score (nSPS) is 7.60. The molecule has 0 amide bonds. The molecule has 3 heteroatoms. The van der Waals surface area contributed by atoms with E-state index in [1.54, 1.807) is 0 Å². The second-order valence-electron chi connectivity index (χ2n) is 0.931. The van der Waals surface area contributed by atoms with Gasteiger partial charge in [0, 0.05) is 0 Å². The molecule has 0 saturated heterocycles. The van der Waals surface area contributed by atoms with Crippen LogP contribution < -0.4 is 11.5 Å². The largest absolute Gasteiger partial charge is 0.338 e. The van der Waals surface area contributed by atoms with Gasteiger partial charge in [0.15, 0.2) is 7.28 Å². The van der Waals surface area contributed by atoms with Crippen LogP contribution in [0.2, 0.25) is 0 Å². The molecule has 0 unspecified atom stereocenters. The summed E-state index contributed by atoms with van der Waals surface area (Å²) in [7, 11) is 0.944. The minimum atomic E-state index is 0.719. The molecule has 0 atom stereocenters. The first-order chi connectivity index (χ1) is 2.41. The molecule has 0 spiro atoms. The van der Waals surface area contributed by atoms with Crippen LogP contribution in [0.3, 0.4) is 0 Å². The molecule has 30 valence electrons. The molecule has 0 aliphatic heterocycles. The highest BCUT2D eigenvalue weighted by Gasteiger charge is 1.73. The highest BCUT2D eigenvalue weighted by Crippen LogP contribution is 1.36. The van der Waals surface area contributed by atoms with Crippen molar-refractivity contribution in [3.8, 4) is 0 Å². The van der Waals surface area contributed by atoms with Crippen molar-refractivity contribution in [1.29, 1.82) is 0 Å². The third kappa shape index (κ3) is 3.98. The number of nitrogens with two attached hydrogens (primary N) is 2. The second kappa shape index (κ2) is 3.98. The third-order valence-electron chi connectivity index (χ3n) is 0.408. The van der Waals surface area contributed by atoms with E-state index in [4.69, 9.17) is 11.5 Å². The van der Waals surface area contributed by atoms with Crippen molar-refractivity contribution in [3.63, 3.8) is 0 Å². The van der Waals surface area contributed by atoms with Crippen LogP contribution in [0.4, 0.5) is 0 Å². The van der Waals surface area contributed by atoms with E-state index >= 15 is 0 Å². The van der Waals surface area contributed by atoms with E-state index in [0.29, 0.717) is 0 Å². The van der Waals surface area contributed by atoms with Gasteiger partial charge in [-0.15, -0.1) is 0 Å². The summed E-state index contributed by atoms with van der Waals surface area (Å²) in [6.07, 6.45) is 1.44. The molecule has 0 aromatic heterocycles. The number of hydrogen-bond acceptors (Lipinski definition) is 2. The summed E-state index contributed by atoms with van der Waals surface area (Å²) in [5.41, 5.74) is 10.1. The van der Waals surface area contributed by atoms with E-state index in [1.165, 1.54) is 0 Å². The maximum Gasteiger partial charge on any atom is 0.153 e. The van der Waals surface area contributed by atoms with Crippen LogP contribution in [0.1, 0.15) is 0 Å². The van der Waals surface area contributed by atoms with E-state index in [1.807, 2.05) is 0 Å². The Morgan fingerprint density at radius 3 is 1.60 bits per heavy atom. The summed E-state index contributed by atoms with van der Waals surface area (Å²) in [6.45, 7) is 0. The molecular formula is C2H9BN2. The molecule has 0 aliphatic rings. The lowest BCUT2D eigenvalue weighted by molar-refractivity contribution is 1.28. The van der Waals surface area contributed by atoms with Gasteiger partial charge in [0.1, 0.15) is 0 Å². The fourth-order valence-electron chi connectivity index (χ4n) is 0.118. The lowest BCUT2D eigenvalue weighted by Gasteiger charge is -1.77. The van der Waals surface area contributed by atoms with Crippen LogP contribution in [0.25, 0.3) is 0 Å². The third-order valence-corrected chi connectivity index (χ3v) is 0.408. The second-order valence-corrected chi connectivity index (χ2v) is 0.931. The van der Waals surface area contributed by atoms with Crippen molar-refractivity contribution < 1.29 is 0 Å². The quantitative estimate of drug-likeness (QED) is 0.380.